The molecule has 3 nitrogen and oxygen atoms in total. The Bertz CT molecular complexity index is 2270. The first-order valence-corrected chi connectivity index (χ1v) is 15.0. The zero-order valence-corrected chi connectivity index (χ0v) is 23.7. The van der Waals surface area contributed by atoms with Crippen molar-refractivity contribution in [2.45, 2.75) is 25.3 Å². The highest BCUT2D eigenvalue weighted by Crippen LogP contribution is 2.53. The molecule has 4 heterocycles. The second kappa shape index (κ2) is 8.17. The molecule has 0 saturated carbocycles. The summed E-state index contributed by atoms with van der Waals surface area (Å²) in [4.78, 5) is 2.58. The van der Waals surface area contributed by atoms with Crippen molar-refractivity contribution in [3.63, 3.8) is 0 Å². The molecule has 2 aliphatic heterocycles. The number of hydrogen-bond acceptors (Lipinski definition) is 3. The van der Waals surface area contributed by atoms with Crippen molar-refractivity contribution < 1.29 is 8.83 Å². The molecular weight excluding hydrogens is 526 g/mol. The first-order valence-electron chi connectivity index (χ1n) is 15.0. The summed E-state index contributed by atoms with van der Waals surface area (Å²) in [6, 6.07) is 43.5. The van der Waals surface area contributed by atoms with Crippen molar-refractivity contribution in [2.75, 3.05) is 4.90 Å². The van der Waals surface area contributed by atoms with Crippen LogP contribution >= 0.6 is 0 Å². The van der Waals surface area contributed by atoms with Gasteiger partial charge in [0.15, 0.2) is 0 Å². The lowest BCUT2D eigenvalue weighted by Gasteiger charge is -2.30. The number of hydrogen-bond donors (Lipinski definition) is 0. The van der Waals surface area contributed by atoms with Gasteiger partial charge in [-0.1, -0.05) is 84.9 Å². The number of rotatable bonds is 2. The van der Waals surface area contributed by atoms with Crippen LogP contribution in [-0.4, -0.2) is 5.54 Å². The van der Waals surface area contributed by atoms with Crippen molar-refractivity contribution in [2.24, 2.45) is 0 Å². The van der Waals surface area contributed by atoms with Gasteiger partial charge in [0, 0.05) is 44.0 Å². The molecule has 3 heteroatoms. The molecule has 0 fully saturated rings. The summed E-state index contributed by atoms with van der Waals surface area (Å²) < 4.78 is 12.7. The van der Waals surface area contributed by atoms with E-state index in [2.05, 4.69) is 121 Å². The number of anilines is 2. The Morgan fingerprint density at radius 3 is 1.49 bits per heavy atom. The quantitative estimate of drug-likeness (QED) is 0.213. The van der Waals surface area contributed by atoms with Gasteiger partial charge in [0.2, 0.25) is 0 Å². The van der Waals surface area contributed by atoms with Crippen molar-refractivity contribution in [1.29, 1.82) is 0 Å². The van der Waals surface area contributed by atoms with E-state index >= 15 is 0 Å². The zero-order valence-electron chi connectivity index (χ0n) is 23.7. The van der Waals surface area contributed by atoms with E-state index in [1.54, 1.807) is 0 Å². The van der Waals surface area contributed by atoms with Crippen LogP contribution in [0.25, 0.3) is 66.1 Å². The maximum absolute atomic E-state index is 6.37. The molecule has 0 unspecified atom stereocenters. The topological polar surface area (TPSA) is 29.5 Å². The third-order valence-electron chi connectivity index (χ3n) is 9.75. The van der Waals surface area contributed by atoms with Crippen LogP contribution in [0, 0.1) is 0 Å². The third-order valence-corrected chi connectivity index (χ3v) is 9.75. The summed E-state index contributed by atoms with van der Waals surface area (Å²) in [6.45, 7) is 2.41. The van der Waals surface area contributed by atoms with Crippen LogP contribution in [0.2, 0.25) is 0 Å². The van der Waals surface area contributed by atoms with Gasteiger partial charge in [-0.3, -0.25) is 0 Å². The molecule has 204 valence electrons. The maximum atomic E-state index is 6.37. The highest BCUT2D eigenvalue weighted by Gasteiger charge is 2.46. The van der Waals surface area contributed by atoms with Gasteiger partial charge in [-0.15, -0.1) is 0 Å². The average Bonchev–Trinajstić information content (AvgIpc) is 3.75. The first-order chi connectivity index (χ1) is 21.1. The normalized spacial score (nSPS) is 15.0. The molecule has 43 heavy (non-hydrogen) atoms. The SMILES string of the molecule is CC12Cc3cc(-c4cccc5c4oc4ccccc45)ccc3N1c1ccc(-c3cccc4c3oc3ccccc34)cc1C2. The monoisotopic (exact) mass is 553 g/mol. The lowest BCUT2D eigenvalue weighted by atomic mass is 9.90. The predicted molar refractivity (Wildman–Crippen MR) is 176 cm³/mol. The summed E-state index contributed by atoms with van der Waals surface area (Å²) in [5.41, 5.74) is 14.0. The number of benzene rings is 6. The predicted octanol–water partition coefficient (Wildman–Crippen LogP) is 10.8. The average molecular weight is 554 g/mol. The molecule has 2 aromatic heterocycles. The number of furan rings is 2. The minimum atomic E-state index is 0.0126. The van der Waals surface area contributed by atoms with E-state index in [0.717, 1.165) is 46.3 Å². The highest BCUT2D eigenvalue weighted by atomic mass is 16.3. The Labute approximate surface area is 248 Å². The van der Waals surface area contributed by atoms with Crippen molar-refractivity contribution in [3.05, 3.63) is 132 Å². The molecule has 8 aromatic rings. The van der Waals surface area contributed by atoms with Crippen LogP contribution in [0.1, 0.15) is 18.1 Å². The van der Waals surface area contributed by atoms with E-state index in [0.29, 0.717) is 0 Å². The lowest BCUT2D eigenvalue weighted by molar-refractivity contribution is 0.507. The smallest absolute Gasteiger partial charge is 0.143 e. The largest absolute Gasteiger partial charge is 0.455 e. The maximum Gasteiger partial charge on any atom is 0.143 e. The molecule has 0 spiro atoms. The van der Waals surface area contributed by atoms with Crippen LogP contribution in [-0.2, 0) is 12.8 Å². The van der Waals surface area contributed by atoms with E-state index in [-0.39, 0.29) is 5.54 Å². The molecule has 0 N–H and O–H groups in total. The summed E-state index contributed by atoms with van der Waals surface area (Å²) in [5, 5.41) is 4.68. The minimum absolute atomic E-state index is 0.0126. The Hall–Kier alpha value is -5.28. The van der Waals surface area contributed by atoms with Gasteiger partial charge >= 0.3 is 0 Å². The van der Waals surface area contributed by atoms with Crippen LogP contribution in [0.3, 0.4) is 0 Å². The first kappa shape index (κ1) is 23.3. The molecular formula is C40H27NO2. The Balaban J connectivity index is 1.06. The Morgan fingerprint density at radius 2 is 0.977 bits per heavy atom. The van der Waals surface area contributed by atoms with Gasteiger partial charge in [-0.05, 0) is 78.4 Å². The van der Waals surface area contributed by atoms with Crippen molar-refractivity contribution in [3.8, 4) is 22.3 Å². The van der Waals surface area contributed by atoms with Gasteiger partial charge in [-0.25, -0.2) is 0 Å². The van der Waals surface area contributed by atoms with Gasteiger partial charge < -0.3 is 13.7 Å². The lowest BCUT2D eigenvalue weighted by Crippen LogP contribution is -2.37. The summed E-state index contributed by atoms with van der Waals surface area (Å²) in [6.07, 6.45) is 2.02. The molecule has 0 amide bonds. The second-order valence-corrected chi connectivity index (χ2v) is 12.4. The number of para-hydroxylation sites is 4. The number of fused-ring (bicyclic) bond motifs is 11. The van der Waals surface area contributed by atoms with Crippen molar-refractivity contribution in [1.82, 2.24) is 0 Å². The van der Waals surface area contributed by atoms with Crippen LogP contribution in [0.15, 0.2) is 130 Å². The molecule has 10 rings (SSSR count). The number of nitrogens with zero attached hydrogens (tertiary/aromatic N) is 1. The standard InChI is InChI=1S/C40H27NO2/c1-40-22-26-20-24(28-10-6-12-32-30-8-2-4-14-36(30)42-38(28)32)16-18-34(26)41(40)35-19-17-25(21-27(35)23-40)29-11-7-13-33-31-9-3-5-15-37(31)43-39(29)33/h2-21H,22-23H2,1H3. The van der Waals surface area contributed by atoms with Gasteiger partial charge in [0.1, 0.15) is 22.3 Å². The zero-order chi connectivity index (χ0) is 28.3. The molecule has 0 atom stereocenters. The van der Waals surface area contributed by atoms with E-state index < -0.39 is 0 Å². The molecule has 2 aliphatic rings. The Kier molecular flexibility index (Phi) is 4.43. The van der Waals surface area contributed by atoms with Gasteiger partial charge in [-0.2, -0.15) is 0 Å². The summed E-state index contributed by atoms with van der Waals surface area (Å²) in [5.74, 6) is 0. The molecule has 0 saturated heterocycles. The van der Waals surface area contributed by atoms with E-state index in [4.69, 9.17) is 8.83 Å². The van der Waals surface area contributed by atoms with E-state index in [1.807, 2.05) is 12.1 Å². The van der Waals surface area contributed by atoms with Gasteiger partial charge in [0.05, 0.1) is 5.54 Å². The fourth-order valence-corrected chi connectivity index (χ4v) is 7.93. The van der Waals surface area contributed by atoms with Crippen LogP contribution < -0.4 is 4.90 Å². The molecule has 0 aliphatic carbocycles. The second-order valence-electron chi connectivity index (χ2n) is 12.4. The van der Waals surface area contributed by atoms with Crippen LogP contribution in [0.5, 0.6) is 0 Å². The third kappa shape index (κ3) is 3.14. The van der Waals surface area contributed by atoms with Gasteiger partial charge in [0.25, 0.3) is 0 Å². The minimum Gasteiger partial charge on any atom is -0.455 e. The van der Waals surface area contributed by atoms with Crippen molar-refractivity contribution >= 4 is 55.3 Å². The fourth-order valence-electron chi connectivity index (χ4n) is 7.93. The molecule has 0 bridgehead atoms. The highest BCUT2D eigenvalue weighted by molar-refractivity contribution is 6.10. The van der Waals surface area contributed by atoms with Crippen LogP contribution in [0.4, 0.5) is 11.4 Å². The summed E-state index contributed by atoms with van der Waals surface area (Å²) in [7, 11) is 0. The fraction of sp³-hybridized carbons (Fsp3) is 0.100. The molecule has 0 radical (unpaired) electrons. The Morgan fingerprint density at radius 1 is 0.512 bits per heavy atom. The summed E-state index contributed by atoms with van der Waals surface area (Å²) >= 11 is 0. The molecule has 6 aromatic carbocycles. The van der Waals surface area contributed by atoms with E-state index in [1.165, 1.54) is 55.2 Å². The van der Waals surface area contributed by atoms with E-state index in [9.17, 15) is 0 Å².